The maximum absolute atomic E-state index is 12.2. The van der Waals surface area contributed by atoms with E-state index in [-0.39, 0.29) is 13.0 Å². The van der Waals surface area contributed by atoms with E-state index in [0.717, 1.165) is 10.6 Å². The van der Waals surface area contributed by atoms with Crippen LogP contribution in [0.4, 0.5) is 0 Å². The van der Waals surface area contributed by atoms with Gasteiger partial charge in [-0.2, -0.15) is 11.3 Å². The van der Waals surface area contributed by atoms with Crippen LogP contribution >= 0.6 is 22.7 Å². The number of rotatable bonds is 6. The highest BCUT2D eigenvalue weighted by atomic mass is 32.1. The van der Waals surface area contributed by atoms with Gasteiger partial charge in [0.15, 0.2) is 0 Å². The molecule has 8 heteroatoms. The van der Waals surface area contributed by atoms with Crippen molar-refractivity contribution >= 4 is 39.6 Å². The third-order valence-corrected chi connectivity index (χ3v) is 5.69. The lowest BCUT2D eigenvalue weighted by atomic mass is 10.1. The van der Waals surface area contributed by atoms with E-state index in [1.165, 1.54) is 24.5 Å². The molecule has 4 aromatic rings. The number of ether oxygens (including phenoxy) is 2. The lowest BCUT2D eigenvalue weighted by molar-refractivity contribution is -0.144. The summed E-state index contributed by atoms with van der Waals surface area (Å²) in [6, 6.07) is 8.48. The SMILES string of the molecule is COc1ccc2c(COC(=O)Cc3csc(-c4ccsc4)n3)cc(=O)oc2c1. The molecule has 0 fully saturated rings. The number of methoxy groups -OCH3 is 1. The van der Waals surface area contributed by atoms with Gasteiger partial charge in [0.1, 0.15) is 22.9 Å². The number of thiazole rings is 1. The maximum Gasteiger partial charge on any atom is 0.336 e. The van der Waals surface area contributed by atoms with Crippen molar-refractivity contribution in [3.05, 3.63) is 68.1 Å². The summed E-state index contributed by atoms with van der Waals surface area (Å²) in [6.07, 6.45) is 0.0772. The number of esters is 1. The van der Waals surface area contributed by atoms with Crippen LogP contribution in [-0.4, -0.2) is 18.1 Å². The Morgan fingerprint density at radius 1 is 1.21 bits per heavy atom. The van der Waals surface area contributed by atoms with Crippen molar-refractivity contribution < 1.29 is 18.7 Å². The summed E-state index contributed by atoms with van der Waals surface area (Å²) in [7, 11) is 1.53. The van der Waals surface area contributed by atoms with Crippen molar-refractivity contribution in [2.45, 2.75) is 13.0 Å². The second-order valence-electron chi connectivity index (χ2n) is 5.95. The van der Waals surface area contributed by atoms with Gasteiger partial charge >= 0.3 is 11.6 Å². The molecular formula is C20H15NO5S2. The summed E-state index contributed by atoms with van der Waals surface area (Å²) in [5.41, 5.74) is 2.18. The Balaban J connectivity index is 1.46. The molecular weight excluding hydrogens is 398 g/mol. The second kappa shape index (κ2) is 7.95. The summed E-state index contributed by atoms with van der Waals surface area (Å²) in [4.78, 5) is 28.5. The van der Waals surface area contributed by atoms with Crippen molar-refractivity contribution in [1.82, 2.24) is 4.98 Å². The molecule has 4 rings (SSSR count). The van der Waals surface area contributed by atoms with Gasteiger partial charge in [-0.25, -0.2) is 9.78 Å². The lowest BCUT2D eigenvalue weighted by Gasteiger charge is -2.08. The number of thiophene rings is 1. The van der Waals surface area contributed by atoms with Crippen molar-refractivity contribution in [2.75, 3.05) is 7.11 Å². The van der Waals surface area contributed by atoms with E-state index in [2.05, 4.69) is 4.98 Å². The largest absolute Gasteiger partial charge is 0.497 e. The normalized spacial score (nSPS) is 10.9. The minimum absolute atomic E-state index is 0.0191. The van der Waals surface area contributed by atoms with Crippen molar-refractivity contribution in [3.63, 3.8) is 0 Å². The summed E-state index contributed by atoms with van der Waals surface area (Å²) in [5, 5.41) is 7.43. The summed E-state index contributed by atoms with van der Waals surface area (Å²) in [6.45, 7) is -0.0191. The molecule has 0 amide bonds. The maximum atomic E-state index is 12.2. The van der Waals surface area contributed by atoms with E-state index in [0.29, 0.717) is 28.0 Å². The molecule has 3 heterocycles. The van der Waals surface area contributed by atoms with Gasteiger partial charge in [-0.1, -0.05) is 0 Å². The number of carbonyl (C=O) groups excluding carboxylic acids is 1. The van der Waals surface area contributed by atoms with Gasteiger partial charge in [-0.05, 0) is 23.6 Å². The van der Waals surface area contributed by atoms with Crippen molar-refractivity contribution in [3.8, 4) is 16.3 Å². The minimum atomic E-state index is -0.508. The van der Waals surface area contributed by atoms with Crippen LogP contribution in [0.5, 0.6) is 5.75 Å². The van der Waals surface area contributed by atoms with Crippen LogP contribution in [0.2, 0.25) is 0 Å². The molecule has 0 spiro atoms. The van der Waals surface area contributed by atoms with Gasteiger partial charge in [-0.15, -0.1) is 11.3 Å². The van der Waals surface area contributed by atoms with E-state index in [9.17, 15) is 9.59 Å². The molecule has 0 saturated heterocycles. The fourth-order valence-corrected chi connectivity index (χ4v) is 4.25. The van der Waals surface area contributed by atoms with Crippen LogP contribution in [0.25, 0.3) is 21.5 Å². The smallest absolute Gasteiger partial charge is 0.336 e. The van der Waals surface area contributed by atoms with E-state index in [4.69, 9.17) is 13.9 Å². The number of hydrogen-bond donors (Lipinski definition) is 0. The Bertz CT molecular complexity index is 1180. The fourth-order valence-electron chi connectivity index (χ4n) is 2.72. The molecule has 1 aromatic carbocycles. The zero-order valence-electron chi connectivity index (χ0n) is 14.8. The average molecular weight is 413 g/mol. The van der Waals surface area contributed by atoms with E-state index in [1.807, 2.05) is 22.2 Å². The predicted octanol–water partition coefficient (Wildman–Crippen LogP) is 4.27. The van der Waals surface area contributed by atoms with Crippen molar-refractivity contribution in [2.24, 2.45) is 0 Å². The molecule has 142 valence electrons. The summed E-state index contributed by atoms with van der Waals surface area (Å²) < 4.78 is 15.7. The number of fused-ring (bicyclic) bond motifs is 1. The first kappa shape index (κ1) is 18.4. The van der Waals surface area contributed by atoms with E-state index >= 15 is 0 Å². The highest BCUT2D eigenvalue weighted by Crippen LogP contribution is 2.26. The van der Waals surface area contributed by atoms with Crippen LogP contribution in [0, 0.1) is 0 Å². The zero-order chi connectivity index (χ0) is 19.5. The van der Waals surface area contributed by atoms with Gasteiger partial charge in [0.05, 0.1) is 19.2 Å². The molecule has 0 bridgehead atoms. The first-order valence-electron chi connectivity index (χ1n) is 8.36. The number of hydrogen-bond acceptors (Lipinski definition) is 8. The molecule has 0 saturated carbocycles. The molecule has 6 nitrogen and oxygen atoms in total. The van der Waals surface area contributed by atoms with E-state index < -0.39 is 11.6 Å². The molecule has 0 aliphatic rings. The Morgan fingerprint density at radius 2 is 2.11 bits per heavy atom. The molecule has 0 aliphatic carbocycles. The standard InChI is InChI=1S/C20H15NO5S2/c1-24-15-2-3-16-13(6-19(23)26-17(16)8-15)9-25-18(22)7-14-11-28-20(21-14)12-4-5-27-10-12/h2-6,8,10-11H,7,9H2,1H3. The predicted molar refractivity (Wildman–Crippen MR) is 108 cm³/mol. The zero-order valence-corrected chi connectivity index (χ0v) is 16.5. The van der Waals surface area contributed by atoms with Crippen LogP contribution < -0.4 is 10.4 Å². The Morgan fingerprint density at radius 3 is 2.89 bits per heavy atom. The molecule has 28 heavy (non-hydrogen) atoms. The highest BCUT2D eigenvalue weighted by molar-refractivity contribution is 7.14. The molecule has 3 aromatic heterocycles. The first-order chi connectivity index (χ1) is 13.6. The van der Waals surface area contributed by atoms with Gasteiger partial charge < -0.3 is 13.9 Å². The van der Waals surface area contributed by atoms with E-state index in [1.54, 1.807) is 29.5 Å². The number of carbonyl (C=O) groups is 1. The Hall–Kier alpha value is -2.97. The van der Waals surface area contributed by atoms with Crippen LogP contribution in [0.3, 0.4) is 0 Å². The minimum Gasteiger partial charge on any atom is -0.497 e. The number of aromatic nitrogens is 1. The Labute approximate surface area is 168 Å². The number of benzene rings is 1. The van der Waals surface area contributed by atoms with Crippen LogP contribution in [0.1, 0.15) is 11.3 Å². The highest BCUT2D eigenvalue weighted by Gasteiger charge is 2.13. The summed E-state index contributed by atoms with van der Waals surface area (Å²) in [5.74, 6) is 0.173. The van der Waals surface area contributed by atoms with Gasteiger partial charge in [0.25, 0.3) is 0 Å². The topological polar surface area (TPSA) is 78.6 Å². The summed E-state index contributed by atoms with van der Waals surface area (Å²) >= 11 is 3.09. The lowest BCUT2D eigenvalue weighted by Crippen LogP contribution is -2.10. The average Bonchev–Trinajstić information content (AvgIpc) is 3.37. The first-order valence-corrected chi connectivity index (χ1v) is 10.2. The monoisotopic (exact) mass is 413 g/mol. The molecule has 0 atom stereocenters. The quantitative estimate of drug-likeness (QED) is 0.347. The molecule has 0 N–H and O–H groups in total. The van der Waals surface area contributed by atoms with Gasteiger partial charge in [0.2, 0.25) is 0 Å². The fraction of sp³-hybridized carbons (Fsp3) is 0.150. The molecule has 0 aliphatic heterocycles. The third-order valence-electron chi connectivity index (χ3n) is 4.07. The van der Waals surface area contributed by atoms with Crippen LogP contribution in [0.15, 0.2) is 55.7 Å². The van der Waals surface area contributed by atoms with Crippen molar-refractivity contribution in [1.29, 1.82) is 0 Å². The second-order valence-corrected chi connectivity index (χ2v) is 7.58. The molecule has 0 radical (unpaired) electrons. The van der Waals surface area contributed by atoms with Gasteiger partial charge in [-0.3, -0.25) is 4.79 Å². The van der Waals surface area contributed by atoms with Gasteiger partial charge in [0, 0.05) is 39.4 Å². The Kier molecular flexibility index (Phi) is 5.23. The number of nitrogens with zero attached hydrogens (tertiary/aromatic N) is 1. The molecule has 0 unspecified atom stereocenters. The van der Waals surface area contributed by atoms with Crippen LogP contribution in [-0.2, 0) is 22.6 Å². The third kappa shape index (κ3) is 3.97.